The Morgan fingerprint density at radius 2 is 1.61 bits per heavy atom. The molecule has 0 saturated heterocycles. The van der Waals surface area contributed by atoms with Crippen LogP contribution in [0.4, 0.5) is 11.4 Å². The molecule has 0 aliphatic heterocycles. The normalized spacial score (nSPS) is 10.3. The number of methoxy groups -OCH3 is 1. The minimum atomic E-state index is -0.469. The van der Waals surface area contributed by atoms with Crippen molar-refractivity contribution in [3.8, 4) is 5.75 Å². The first-order valence-electron chi connectivity index (χ1n) is 8.83. The van der Waals surface area contributed by atoms with E-state index in [9.17, 15) is 14.4 Å². The molecule has 0 atom stereocenters. The molecule has 7 nitrogen and oxygen atoms in total. The van der Waals surface area contributed by atoms with Gasteiger partial charge in [0.2, 0.25) is 11.8 Å². The van der Waals surface area contributed by atoms with E-state index in [1.807, 2.05) is 13.8 Å². The molecule has 2 amide bonds. The molecule has 0 bridgehead atoms. The monoisotopic (exact) mass is 384 g/mol. The highest BCUT2D eigenvalue weighted by Crippen LogP contribution is 2.19. The summed E-state index contributed by atoms with van der Waals surface area (Å²) in [6.45, 7) is 5.09. The zero-order valence-corrected chi connectivity index (χ0v) is 16.4. The Bertz CT molecular complexity index is 829. The number of carbonyl (C=O) groups excluding carboxylic acids is 3. The summed E-state index contributed by atoms with van der Waals surface area (Å²) in [6, 6.07) is 13.3. The molecule has 0 saturated carbocycles. The molecule has 2 aromatic rings. The van der Waals surface area contributed by atoms with Crippen molar-refractivity contribution in [2.24, 2.45) is 0 Å². The lowest BCUT2D eigenvalue weighted by molar-refractivity contribution is -0.120. The first-order valence-corrected chi connectivity index (χ1v) is 8.83. The summed E-state index contributed by atoms with van der Waals surface area (Å²) in [7, 11) is 1.30. The average molecular weight is 384 g/mol. The van der Waals surface area contributed by atoms with Gasteiger partial charge in [0, 0.05) is 18.3 Å². The summed E-state index contributed by atoms with van der Waals surface area (Å²) < 4.78 is 10.2. The van der Waals surface area contributed by atoms with Crippen LogP contribution in [0.5, 0.6) is 5.75 Å². The maximum Gasteiger partial charge on any atom is 0.337 e. The quantitative estimate of drug-likeness (QED) is 0.741. The van der Waals surface area contributed by atoms with Crippen LogP contribution in [0.1, 0.15) is 31.1 Å². The van der Waals surface area contributed by atoms with Crippen molar-refractivity contribution in [1.29, 1.82) is 0 Å². The highest BCUT2D eigenvalue weighted by molar-refractivity contribution is 6.02. The molecule has 2 rings (SSSR count). The van der Waals surface area contributed by atoms with Gasteiger partial charge in [0.25, 0.3) is 0 Å². The van der Waals surface area contributed by atoms with Gasteiger partial charge in [0.1, 0.15) is 12.3 Å². The van der Waals surface area contributed by atoms with Crippen LogP contribution >= 0.6 is 0 Å². The van der Waals surface area contributed by atoms with Crippen LogP contribution in [0.3, 0.4) is 0 Å². The SMILES string of the molecule is COC(=O)c1ccc(N(CC(=O)Nc2ccc(OC(C)C)cc2)C(C)=O)cc1. The van der Waals surface area contributed by atoms with Crippen molar-refractivity contribution in [2.75, 3.05) is 23.9 Å². The number of nitrogens with zero attached hydrogens (tertiary/aromatic N) is 1. The molecule has 0 aromatic heterocycles. The Hall–Kier alpha value is -3.35. The minimum Gasteiger partial charge on any atom is -0.491 e. The van der Waals surface area contributed by atoms with Crippen molar-refractivity contribution in [2.45, 2.75) is 26.9 Å². The maximum absolute atomic E-state index is 12.4. The van der Waals surface area contributed by atoms with Crippen molar-refractivity contribution in [3.63, 3.8) is 0 Å². The third-order valence-electron chi connectivity index (χ3n) is 3.79. The second-order valence-corrected chi connectivity index (χ2v) is 6.38. The van der Waals surface area contributed by atoms with Gasteiger partial charge >= 0.3 is 5.97 Å². The number of anilines is 2. The second-order valence-electron chi connectivity index (χ2n) is 6.38. The molecule has 148 valence electrons. The van der Waals surface area contributed by atoms with Crippen LogP contribution in [-0.4, -0.2) is 37.5 Å². The average Bonchev–Trinajstić information content (AvgIpc) is 2.66. The fraction of sp³-hybridized carbons (Fsp3) is 0.286. The van der Waals surface area contributed by atoms with E-state index >= 15 is 0 Å². The maximum atomic E-state index is 12.4. The summed E-state index contributed by atoms with van der Waals surface area (Å²) in [5, 5.41) is 2.75. The zero-order valence-electron chi connectivity index (χ0n) is 16.4. The lowest BCUT2D eigenvalue weighted by Gasteiger charge is -2.21. The summed E-state index contributed by atoms with van der Waals surface area (Å²) >= 11 is 0. The van der Waals surface area contributed by atoms with Crippen LogP contribution in [0.15, 0.2) is 48.5 Å². The molecule has 0 spiro atoms. The summed E-state index contributed by atoms with van der Waals surface area (Å²) in [4.78, 5) is 37.2. The van der Waals surface area contributed by atoms with Crippen LogP contribution in [0.25, 0.3) is 0 Å². The number of carbonyl (C=O) groups is 3. The van der Waals surface area contributed by atoms with Crippen LogP contribution < -0.4 is 15.0 Å². The van der Waals surface area contributed by atoms with E-state index < -0.39 is 5.97 Å². The molecule has 0 aliphatic carbocycles. The lowest BCUT2D eigenvalue weighted by atomic mass is 10.2. The van der Waals surface area contributed by atoms with Crippen LogP contribution in [0.2, 0.25) is 0 Å². The summed E-state index contributed by atoms with van der Waals surface area (Å²) in [6.07, 6.45) is 0.0649. The number of amides is 2. The highest BCUT2D eigenvalue weighted by Gasteiger charge is 2.17. The van der Waals surface area contributed by atoms with Gasteiger partial charge in [-0.1, -0.05) is 0 Å². The Labute approximate surface area is 164 Å². The molecule has 1 N–H and O–H groups in total. The molecule has 2 aromatic carbocycles. The highest BCUT2D eigenvalue weighted by atomic mass is 16.5. The van der Waals surface area contributed by atoms with Gasteiger partial charge in [-0.25, -0.2) is 4.79 Å². The standard InChI is InChI=1S/C21H24N2O5/c1-14(2)28-19-11-7-17(8-12-19)22-20(25)13-23(15(3)24)18-9-5-16(6-10-18)21(26)27-4/h5-12,14H,13H2,1-4H3,(H,22,25). The summed E-state index contributed by atoms with van der Waals surface area (Å²) in [5.41, 5.74) is 1.48. The molecular formula is C21H24N2O5. The third kappa shape index (κ3) is 5.84. The molecule has 0 radical (unpaired) electrons. The molecular weight excluding hydrogens is 360 g/mol. The smallest absolute Gasteiger partial charge is 0.337 e. The van der Waals surface area contributed by atoms with E-state index in [2.05, 4.69) is 10.1 Å². The molecule has 0 aliphatic rings. The van der Waals surface area contributed by atoms with Crippen LogP contribution in [0, 0.1) is 0 Å². The Morgan fingerprint density at radius 1 is 1.00 bits per heavy atom. The number of esters is 1. The largest absolute Gasteiger partial charge is 0.491 e. The second kappa shape index (κ2) is 9.55. The van der Waals surface area contributed by atoms with E-state index in [4.69, 9.17) is 4.74 Å². The van der Waals surface area contributed by atoms with Gasteiger partial charge in [-0.2, -0.15) is 0 Å². The predicted molar refractivity (Wildman–Crippen MR) is 107 cm³/mol. The first-order chi connectivity index (χ1) is 13.3. The Morgan fingerprint density at radius 3 is 2.11 bits per heavy atom. The van der Waals surface area contributed by atoms with Gasteiger partial charge in [0.05, 0.1) is 18.8 Å². The molecule has 0 unspecified atom stereocenters. The Kier molecular flexibility index (Phi) is 7.14. The minimum absolute atomic E-state index is 0.0649. The summed E-state index contributed by atoms with van der Waals surface area (Å²) in [5.74, 6) is -0.390. The predicted octanol–water partition coefficient (Wildman–Crippen LogP) is 3.25. The van der Waals surface area contributed by atoms with Crippen molar-refractivity contribution >= 4 is 29.2 Å². The van der Waals surface area contributed by atoms with Gasteiger partial charge in [-0.05, 0) is 62.4 Å². The van der Waals surface area contributed by atoms with Crippen LogP contribution in [-0.2, 0) is 14.3 Å². The molecule has 0 heterocycles. The van der Waals surface area contributed by atoms with Crippen molar-refractivity contribution < 1.29 is 23.9 Å². The Balaban J connectivity index is 2.04. The number of benzene rings is 2. The van der Waals surface area contributed by atoms with Crippen molar-refractivity contribution in [1.82, 2.24) is 0 Å². The third-order valence-corrected chi connectivity index (χ3v) is 3.79. The van der Waals surface area contributed by atoms with E-state index in [0.29, 0.717) is 22.7 Å². The molecule has 0 fully saturated rings. The van der Waals surface area contributed by atoms with E-state index in [1.54, 1.807) is 48.5 Å². The lowest BCUT2D eigenvalue weighted by Crippen LogP contribution is -2.36. The van der Waals surface area contributed by atoms with Gasteiger partial charge in [-0.3, -0.25) is 9.59 Å². The molecule has 28 heavy (non-hydrogen) atoms. The number of ether oxygens (including phenoxy) is 2. The number of hydrogen-bond donors (Lipinski definition) is 1. The fourth-order valence-electron chi connectivity index (χ4n) is 2.51. The van der Waals surface area contributed by atoms with Gasteiger partial charge in [-0.15, -0.1) is 0 Å². The zero-order chi connectivity index (χ0) is 20.7. The van der Waals surface area contributed by atoms with E-state index in [0.717, 1.165) is 0 Å². The van der Waals surface area contributed by atoms with E-state index in [1.165, 1.54) is 18.9 Å². The van der Waals surface area contributed by atoms with Gasteiger partial charge < -0.3 is 19.7 Å². The number of nitrogens with one attached hydrogen (secondary N) is 1. The van der Waals surface area contributed by atoms with Crippen molar-refractivity contribution in [3.05, 3.63) is 54.1 Å². The topological polar surface area (TPSA) is 84.9 Å². The van der Waals surface area contributed by atoms with Gasteiger partial charge in [0.15, 0.2) is 0 Å². The number of hydrogen-bond acceptors (Lipinski definition) is 5. The molecule has 7 heteroatoms. The number of rotatable bonds is 7. The fourth-order valence-corrected chi connectivity index (χ4v) is 2.51. The first kappa shape index (κ1) is 21.0. The van der Waals surface area contributed by atoms with E-state index in [-0.39, 0.29) is 24.5 Å².